The second-order valence-electron chi connectivity index (χ2n) is 7.40. The van der Waals surface area contributed by atoms with Crippen LogP contribution < -0.4 is 15.2 Å². The van der Waals surface area contributed by atoms with Gasteiger partial charge in [0.2, 0.25) is 0 Å². The zero-order valence-corrected chi connectivity index (χ0v) is 19.3. The molecule has 1 unspecified atom stereocenters. The number of anilines is 1. The van der Waals surface area contributed by atoms with Crippen molar-refractivity contribution in [3.05, 3.63) is 72.3 Å². The van der Waals surface area contributed by atoms with Gasteiger partial charge in [0.1, 0.15) is 11.5 Å². The Morgan fingerprint density at radius 2 is 1.58 bits per heavy atom. The van der Waals surface area contributed by atoms with Crippen LogP contribution in [-0.2, 0) is 3.42 Å². The van der Waals surface area contributed by atoms with Crippen molar-refractivity contribution in [1.82, 2.24) is 0 Å². The zero-order chi connectivity index (χ0) is 22.6. The summed E-state index contributed by atoms with van der Waals surface area (Å²) in [7, 11) is 0. The summed E-state index contributed by atoms with van der Waals surface area (Å²) in [5.74, 6) is 0.888. The summed E-state index contributed by atoms with van der Waals surface area (Å²) < 4.78 is 47.1. The minimum atomic E-state index is -4.72. The lowest BCUT2D eigenvalue weighted by atomic mass is 9.96. The molecular weight excluding hydrogens is 518 g/mol. The van der Waals surface area contributed by atoms with Crippen molar-refractivity contribution in [3.8, 4) is 28.4 Å². The SMILES string of the molecule is CCCC(C)(I)c1cccc(Oc2cc(-c3ccc(OC(F)(F)F)cc3)ccc2N)c1. The van der Waals surface area contributed by atoms with Crippen LogP contribution in [0.2, 0.25) is 0 Å². The molecule has 0 radical (unpaired) electrons. The number of nitrogen functional groups attached to an aromatic ring is 1. The van der Waals surface area contributed by atoms with Crippen LogP contribution in [0.3, 0.4) is 0 Å². The number of ether oxygens (including phenoxy) is 2. The predicted molar refractivity (Wildman–Crippen MR) is 126 cm³/mol. The third-order valence-corrected chi connectivity index (χ3v) is 5.98. The number of nitrogens with two attached hydrogens (primary N) is 1. The van der Waals surface area contributed by atoms with E-state index < -0.39 is 6.36 Å². The average molecular weight is 541 g/mol. The lowest BCUT2D eigenvalue weighted by Crippen LogP contribution is -2.16. The molecule has 0 aliphatic rings. The first-order chi connectivity index (χ1) is 14.6. The Hall–Kier alpha value is -2.42. The van der Waals surface area contributed by atoms with E-state index >= 15 is 0 Å². The van der Waals surface area contributed by atoms with E-state index in [0.29, 0.717) is 17.2 Å². The van der Waals surface area contributed by atoms with E-state index in [9.17, 15) is 13.2 Å². The van der Waals surface area contributed by atoms with Gasteiger partial charge in [-0.25, -0.2) is 0 Å². The van der Waals surface area contributed by atoms with Crippen molar-refractivity contribution in [2.75, 3.05) is 5.73 Å². The van der Waals surface area contributed by atoms with E-state index in [0.717, 1.165) is 24.0 Å². The molecule has 0 bridgehead atoms. The molecule has 0 saturated carbocycles. The van der Waals surface area contributed by atoms with Crippen molar-refractivity contribution in [3.63, 3.8) is 0 Å². The van der Waals surface area contributed by atoms with Crippen molar-refractivity contribution < 1.29 is 22.6 Å². The van der Waals surface area contributed by atoms with Crippen LogP contribution in [0.5, 0.6) is 17.2 Å². The van der Waals surface area contributed by atoms with Crippen molar-refractivity contribution in [1.29, 1.82) is 0 Å². The first-order valence-corrected chi connectivity index (χ1v) is 10.9. The maximum atomic E-state index is 12.4. The summed E-state index contributed by atoms with van der Waals surface area (Å²) in [5, 5.41) is 0. The topological polar surface area (TPSA) is 44.5 Å². The molecule has 7 heteroatoms. The Labute approximate surface area is 193 Å². The molecule has 0 aromatic heterocycles. The molecular formula is C24H23F3INO2. The summed E-state index contributed by atoms with van der Waals surface area (Å²) in [4.78, 5) is 0. The molecule has 3 aromatic carbocycles. The lowest BCUT2D eigenvalue weighted by Gasteiger charge is -2.23. The van der Waals surface area contributed by atoms with Crippen LogP contribution in [0.1, 0.15) is 32.3 Å². The Bertz CT molecular complexity index is 1030. The van der Waals surface area contributed by atoms with Gasteiger partial charge < -0.3 is 15.2 Å². The molecule has 0 saturated heterocycles. The molecule has 0 aliphatic carbocycles. The second-order valence-corrected chi connectivity index (χ2v) is 9.78. The maximum absolute atomic E-state index is 12.4. The minimum absolute atomic E-state index is 0.000491. The van der Waals surface area contributed by atoms with Gasteiger partial charge in [-0.3, -0.25) is 0 Å². The first-order valence-electron chi connectivity index (χ1n) is 9.80. The quantitative estimate of drug-likeness (QED) is 0.187. The molecule has 0 amide bonds. The van der Waals surface area contributed by atoms with Crippen LogP contribution in [0, 0.1) is 0 Å². The van der Waals surface area contributed by atoms with Gasteiger partial charge in [-0.2, -0.15) is 0 Å². The Morgan fingerprint density at radius 1 is 0.903 bits per heavy atom. The van der Waals surface area contributed by atoms with Gasteiger partial charge in [-0.1, -0.05) is 66.3 Å². The van der Waals surface area contributed by atoms with Crippen molar-refractivity contribution in [2.45, 2.75) is 36.5 Å². The molecule has 31 heavy (non-hydrogen) atoms. The lowest BCUT2D eigenvalue weighted by molar-refractivity contribution is -0.274. The molecule has 3 nitrogen and oxygen atoms in total. The summed E-state index contributed by atoms with van der Waals surface area (Å²) in [6.45, 7) is 4.35. The molecule has 0 heterocycles. The Morgan fingerprint density at radius 3 is 2.23 bits per heavy atom. The fourth-order valence-corrected chi connectivity index (χ4v) is 4.15. The van der Waals surface area contributed by atoms with E-state index in [1.54, 1.807) is 30.3 Å². The van der Waals surface area contributed by atoms with E-state index in [4.69, 9.17) is 10.5 Å². The number of benzene rings is 3. The highest BCUT2D eigenvalue weighted by atomic mass is 127. The van der Waals surface area contributed by atoms with Crippen molar-refractivity contribution in [2.24, 2.45) is 0 Å². The monoisotopic (exact) mass is 541 g/mol. The summed E-state index contributed by atoms with van der Waals surface area (Å²) >= 11 is 2.46. The molecule has 0 spiro atoms. The predicted octanol–water partition coefficient (Wildman–Crippen LogP) is 8.08. The molecule has 3 rings (SSSR count). The van der Waals surface area contributed by atoms with Gasteiger partial charge in [0, 0.05) is 3.42 Å². The number of rotatable bonds is 7. The smallest absolute Gasteiger partial charge is 0.455 e. The van der Waals surface area contributed by atoms with E-state index in [1.807, 2.05) is 18.2 Å². The van der Waals surface area contributed by atoms with E-state index in [-0.39, 0.29) is 9.17 Å². The van der Waals surface area contributed by atoms with Gasteiger partial charge >= 0.3 is 6.36 Å². The molecule has 0 aliphatic heterocycles. The summed E-state index contributed by atoms with van der Waals surface area (Å²) in [6, 6.07) is 18.9. The largest absolute Gasteiger partial charge is 0.573 e. The third-order valence-electron chi connectivity index (χ3n) is 4.82. The third kappa shape index (κ3) is 6.29. The van der Waals surface area contributed by atoms with E-state index in [1.165, 1.54) is 17.7 Å². The zero-order valence-electron chi connectivity index (χ0n) is 17.2. The summed E-state index contributed by atoms with van der Waals surface area (Å²) in [5.41, 5.74) is 9.23. The normalized spacial score (nSPS) is 13.5. The maximum Gasteiger partial charge on any atom is 0.573 e. The van der Waals surface area contributed by atoms with Gasteiger partial charge in [-0.15, -0.1) is 13.2 Å². The van der Waals surface area contributed by atoms with Crippen LogP contribution >= 0.6 is 22.6 Å². The standard InChI is InChI=1S/C24H23F3INO2/c1-3-13-23(2,28)18-5-4-6-20(15-18)30-22-14-17(9-12-21(22)29)16-7-10-19(11-8-16)31-24(25,26)27/h4-12,14-15H,3,13,29H2,1-2H3. The molecule has 164 valence electrons. The number of hydrogen-bond acceptors (Lipinski definition) is 3. The molecule has 0 fully saturated rings. The molecule has 3 aromatic rings. The van der Waals surface area contributed by atoms with Crippen LogP contribution in [0.15, 0.2) is 66.7 Å². The Kier molecular flexibility index (Phi) is 7.03. The van der Waals surface area contributed by atoms with Gasteiger partial charge in [0.25, 0.3) is 0 Å². The van der Waals surface area contributed by atoms with Crippen LogP contribution in [0.4, 0.5) is 18.9 Å². The van der Waals surface area contributed by atoms with Crippen LogP contribution in [0.25, 0.3) is 11.1 Å². The van der Waals surface area contributed by atoms with Crippen LogP contribution in [-0.4, -0.2) is 6.36 Å². The molecule has 2 N–H and O–H groups in total. The minimum Gasteiger partial charge on any atom is -0.455 e. The number of alkyl halides is 4. The second kappa shape index (κ2) is 9.38. The van der Waals surface area contributed by atoms with Gasteiger partial charge in [0.15, 0.2) is 5.75 Å². The average Bonchev–Trinajstić information content (AvgIpc) is 2.69. The fraction of sp³-hybridized carbons (Fsp3) is 0.250. The van der Waals surface area contributed by atoms with Gasteiger partial charge in [-0.05, 0) is 66.4 Å². The van der Waals surface area contributed by atoms with Crippen molar-refractivity contribution >= 4 is 28.3 Å². The highest BCUT2D eigenvalue weighted by Gasteiger charge is 2.31. The highest BCUT2D eigenvalue weighted by Crippen LogP contribution is 2.39. The number of halogens is 4. The number of hydrogen-bond donors (Lipinski definition) is 1. The summed E-state index contributed by atoms with van der Waals surface area (Å²) in [6.07, 6.45) is -2.60. The Balaban J connectivity index is 1.84. The fourth-order valence-electron chi connectivity index (χ4n) is 3.28. The highest BCUT2D eigenvalue weighted by molar-refractivity contribution is 14.1. The van der Waals surface area contributed by atoms with E-state index in [2.05, 4.69) is 47.2 Å². The first kappa shape index (κ1) is 23.2. The molecule has 1 atom stereocenters. The van der Waals surface area contributed by atoms with Gasteiger partial charge in [0.05, 0.1) is 5.69 Å².